The number of rotatable bonds is 3. The van der Waals surface area contributed by atoms with Crippen molar-refractivity contribution in [1.29, 1.82) is 0 Å². The fourth-order valence-corrected chi connectivity index (χ4v) is 5.30. The summed E-state index contributed by atoms with van der Waals surface area (Å²) in [5.41, 5.74) is 4.94. The van der Waals surface area contributed by atoms with E-state index in [1.807, 2.05) is 23.1 Å². The normalized spacial score (nSPS) is 22.8. The summed E-state index contributed by atoms with van der Waals surface area (Å²) in [5.74, 6) is 1.40. The molecule has 2 N–H and O–H groups in total. The monoisotopic (exact) mass is 428 g/mol. The van der Waals surface area contributed by atoms with Crippen molar-refractivity contribution in [3.63, 3.8) is 0 Å². The molecule has 1 saturated heterocycles. The van der Waals surface area contributed by atoms with Crippen LogP contribution in [0.5, 0.6) is 11.5 Å². The Morgan fingerprint density at radius 2 is 1.84 bits per heavy atom. The molecule has 0 aliphatic carbocycles. The van der Waals surface area contributed by atoms with Crippen LogP contribution in [0, 0.1) is 5.92 Å². The standard InChI is InChI=1S/C26H24N2O4/c29-14-22-19-10-11-28(26(30)18-7-9-23-24(13-18)32-15-31-23)25(19)20-12-17(6-8-21(20)27-22)16-4-2-1-3-5-16/h1-9,12-13,19,22,25,27,29H,10-11,14-15H2/t19-,22+,25-/m1/s1. The van der Waals surface area contributed by atoms with Crippen LogP contribution < -0.4 is 14.8 Å². The van der Waals surface area contributed by atoms with Gasteiger partial charge in [-0.1, -0.05) is 36.4 Å². The molecular weight excluding hydrogens is 404 g/mol. The van der Waals surface area contributed by atoms with E-state index in [-0.39, 0.29) is 37.3 Å². The smallest absolute Gasteiger partial charge is 0.254 e. The zero-order chi connectivity index (χ0) is 21.7. The molecule has 0 spiro atoms. The van der Waals surface area contributed by atoms with Crippen molar-refractivity contribution in [2.75, 3.05) is 25.3 Å². The molecule has 6 heteroatoms. The molecule has 3 aromatic carbocycles. The summed E-state index contributed by atoms with van der Waals surface area (Å²) in [6, 6.07) is 21.8. The van der Waals surface area contributed by atoms with Gasteiger partial charge in [-0.2, -0.15) is 0 Å². The fourth-order valence-electron chi connectivity index (χ4n) is 5.30. The topological polar surface area (TPSA) is 71.0 Å². The van der Waals surface area contributed by atoms with Gasteiger partial charge in [-0.3, -0.25) is 4.79 Å². The second kappa shape index (κ2) is 7.57. The van der Waals surface area contributed by atoms with E-state index in [0.29, 0.717) is 23.6 Å². The molecule has 0 aromatic heterocycles. The minimum Gasteiger partial charge on any atom is -0.454 e. The van der Waals surface area contributed by atoms with Gasteiger partial charge in [-0.15, -0.1) is 0 Å². The van der Waals surface area contributed by atoms with E-state index in [1.165, 1.54) is 0 Å². The van der Waals surface area contributed by atoms with E-state index in [2.05, 4.69) is 35.6 Å². The number of hydrogen-bond donors (Lipinski definition) is 2. The Labute approximate surface area is 186 Å². The fraction of sp³-hybridized carbons (Fsp3) is 0.269. The van der Waals surface area contributed by atoms with Crippen LogP contribution in [0.3, 0.4) is 0 Å². The van der Waals surface area contributed by atoms with E-state index in [9.17, 15) is 9.90 Å². The lowest BCUT2D eigenvalue weighted by Gasteiger charge is -2.39. The number of likely N-dealkylation sites (tertiary alicyclic amines) is 1. The van der Waals surface area contributed by atoms with E-state index in [0.717, 1.165) is 28.8 Å². The first-order valence-corrected chi connectivity index (χ1v) is 11.0. The number of nitrogens with one attached hydrogen (secondary N) is 1. The molecule has 1 amide bonds. The van der Waals surface area contributed by atoms with Gasteiger partial charge >= 0.3 is 0 Å². The highest BCUT2D eigenvalue weighted by molar-refractivity contribution is 5.95. The number of carbonyl (C=O) groups excluding carboxylic acids is 1. The molecule has 3 aromatic rings. The molecule has 3 heterocycles. The first-order chi connectivity index (χ1) is 15.7. The van der Waals surface area contributed by atoms with Gasteiger partial charge in [0.25, 0.3) is 5.91 Å². The van der Waals surface area contributed by atoms with Crippen LogP contribution in [0.25, 0.3) is 11.1 Å². The predicted molar refractivity (Wildman–Crippen MR) is 121 cm³/mol. The Morgan fingerprint density at radius 1 is 1.00 bits per heavy atom. The second-order valence-electron chi connectivity index (χ2n) is 8.57. The highest BCUT2D eigenvalue weighted by atomic mass is 16.7. The molecule has 32 heavy (non-hydrogen) atoms. The Hall–Kier alpha value is -3.51. The maximum atomic E-state index is 13.6. The zero-order valence-corrected chi connectivity index (χ0v) is 17.5. The van der Waals surface area contributed by atoms with E-state index in [4.69, 9.17) is 9.47 Å². The Bertz CT molecular complexity index is 1180. The molecule has 6 rings (SSSR count). The molecule has 6 nitrogen and oxygen atoms in total. The van der Waals surface area contributed by atoms with Gasteiger partial charge in [0.2, 0.25) is 6.79 Å². The molecular formula is C26H24N2O4. The van der Waals surface area contributed by atoms with Crippen LogP contribution in [0.4, 0.5) is 5.69 Å². The van der Waals surface area contributed by atoms with Crippen LogP contribution >= 0.6 is 0 Å². The summed E-state index contributed by atoms with van der Waals surface area (Å²) in [6.07, 6.45) is 0.841. The number of aliphatic hydroxyl groups excluding tert-OH is 1. The molecule has 3 atom stereocenters. The summed E-state index contributed by atoms with van der Waals surface area (Å²) >= 11 is 0. The van der Waals surface area contributed by atoms with Crippen LogP contribution in [0.15, 0.2) is 66.7 Å². The van der Waals surface area contributed by atoms with Crippen LogP contribution in [-0.2, 0) is 0 Å². The average Bonchev–Trinajstić information content (AvgIpc) is 3.50. The zero-order valence-electron chi connectivity index (χ0n) is 17.5. The molecule has 0 radical (unpaired) electrons. The molecule has 3 aliphatic heterocycles. The van der Waals surface area contributed by atoms with Crippen molar-refractivity contribution < 1.29 is 19.4 Å². The summed E-state index contributed by atoms with van der Waals surface area (Å²) in [7, 11) is 0. The predicted octanol–water partition coefficient (Wildman–Crippen LogP) is 4.07. The SMILES string of the molecule is O=C(c1ccc2c(c1)OCO2)N1CC[C@@H]2[C@H](CO)Nc3ccc(-c4ccccc4)cc3[C@@H]21. The third-order valence-corrected chi connectivity index (χ3v) is 6.86. The number of benzene rings is 3. The highest BCUT2D eigenvalue weighted by Crippen LogP contribution is 2.48. The summed E-state index contributed by atoms with van der Waals surface area (Å²) in [6.45, 7) is 0.865. The quantitative estimate of drug-likeness (QED) is 0.658. The van der Waals surface area contributed by atoms with Gasteiger partial charge < -0.3 is 24.8 Å². The lowest BCUT2D eigenvalue weighted by molar-refractivity contribution is 0.0700. The summed E-state index contributed by atoms with van der Waals surface area (Å²) in [4.78, 5) is 15.6. The average molecular weight is 428 g/mol. The number of nitrogens with zero attached hydrogens (tertiary/aromatic N) is 1. The minimum absolute atomic E-state index is 0.0227. The van der Waals surface area contributed by atoms with E-state index < -0.39 is 0 Å². The van der Waals surface area contributed by atoms with Gasteiger partial charge in [-0.25, -0.2) is 0 Å². The van der Waals surface area contributed by atoms with Crippen molar-refractivity contribution >= 4 is 11.6 Å². The van der Waals surface area contributed by atoms with Crippen molar-refractivity contribution in [2.24, 2.45) is 5.92 Å². The van der Waals surface area contributed by atoms with Crippen molar-refractivity contribution in [1.82, 2.24) is 4.90 Å². The number of ether oxygens (including phenoxy) is 2. The number of fused-ring (bicyclic) bond motifs is 4. The Balaban J connectivity index is 1.40. The van der Waals surface area contributed by atoms with Crippen molar-refractivity contribution in [3.8, 4) is 22.6 Å². The van der Waals surface area contributed by atoms with E-state index >= 15 is 0 Å². The maximum Gasteiger partial charge on any atom is 0.254 e. The number of carbonyl (C=O) groups is 1. The molecule has 0 saturated carbocycles. The number of aliphatic hydroxyl groups is 1. The number of anilines is 1. The van der Waals surface area contributed by atoms with Crippen LogP contribution in [-0.4, -0.2) is 41.9 Å². The van der Waals surface area contributed by atoms with Crippen molar-refractivity contribution in [3.05, 3.63) is 77.9 Å². The summed E-state index contributed by atoms with van der Waals surface area (Å²) in [5, 5.41) is 13.6. The summed E-state index contributed by atoms with van der Waals surface area (Å²) < 4.78 is 10.9. The van der Waals surface area contributed by atoms with Crippen LogP contribution in [0.2, 0.25) is 0 Å². The molecule has 3 aliphatic rings. The molecule has 162 valence electrons. The lowest BCUT2D eigenvalue weighted by Crippen LogP contribution is -2.42. The van der Waals surface area contributed by atoms with Gasteiger partial charge in [0.15, 0.2) is 11.5 Å². The largest absolute Gasteiger partial charge is 0.454 e. The first kappa shape index (κ1) is 19.2. The maximum absolute atomic E-state index is 13.6. The van der Waals surface area contributed by atoms with Gasteiger partial charge in [0.05, 0.1) is 18.7 Å². The number of amides is 1. The van der Waals surface area contributed by atoms with E-state index in [1.54, 1.807) is 18.2 Å². The van der Waals surface area contributed by atoms with Gasteiger partial charge in [0, 0.05) is 23.7 Å². The minimum atomic E-state index is -0.0926. The van der Waals surface area contributed by atoms with Gasteiger partial charge in [-0.05, 0) is 53.4 Å². The molecule has 0 unspecified atom stereocenters. The molecule has 1 fully saturated rings. The third kappa shape index (κ3) is 3.02. The number of hydrogen-bond acceptors (Lipinski definition) is 5. The highest BCUT2D eigenvalue weighted by Gasteiger charge is 2.46. The molecule has 0 bridgehead atoms. The first-order valence-electron chi connectivity index (χ1n) is 11.0. The Morgan fingerprint density at radius 3 is 2.69 bits per heavy atom. The van der Waals surface area contributed by atoms with Gasteiger partial charge in [0.1, 0.15) is 0 Å². The van der Waals surface area contributed by atoms with Crippen molar-refractivity contribution in [2.45, 2.75) is 18.5 Å². The second-order valence-corrected chi connectivity index (χ2v) is 8.57. The Kier molecular flexibility index (Phi) is 4.54. The third-order valence-electron chi connectivity index (χ3n) is 6.86. The van der Waals surface area contributed by atoms with Crippen LogP contribution in [0.1, 0.15) is 28.4 Å². The lowest BCUT2D eigenvalue weighted by atomic mass is 9.82.